The molecule has 178 valence electrons. The van der Waals surface area contributed by atoms with Crippen molar-refractivity contribution in [3.63, 3.8) is 0 Å². The molecule has 0 bridgehead atoms. The third-order valence-electron chi connectivity index (χ3n) is 5.61. The highest BCUT2D eigenvalue weighted by molar-refractivity contribution is 6.03. The van der Waals surface area contributed by atoms with Crippen LogP contribution in [-0.2, 0) is 17.8 Å². The molecule has 0 aliphatic heterocycles. The standard InChI is InChI=1S/C28H29N5O2/c1-32(19-23-18-30-33(20-23)24-12-6-3-7-13-24)21-27(34)31-26-15-9-8-14-25(26)28(35)29-17-16-22-10-4-2-5-11-22/h2-15,18,20H,16-17,19,21H2,1H3,(H,29,35)(H,31,34)/p+1. The third-order valence-corrected chi connectivity index (χ3v) is 5.61. The summed E-state index contributed by atoms with van der Waals surface area (Å²) in [6, 6.07) is 27.0. The van der Waals surface area contributed by atoms with Crippen LogP contribution in [0.25, 0.3) is 5.69 Å². The van der Waals surface area contributed by atoms with E-state index in [0.717, 1.165) is 28.1 Å². The van der Waals surface area contributed by atoms with E-state index in [9.17, 15) is 9.59 Å². The summed E-state index contributed by atoms with van der Waals surface area (Å²) >= 11 is 0. The zero-order valence-electron chi connectivity index (χ0n) is 19.8. The summed E-state index contributed by atoms with van der Waals surface area (Å²) in [5.41, 5.74) is 4.16. The maximum absolute atomic E-state index is 12.7. The van der Waals surface area contributed by atoms with Crippen molar-refractivity contribution in [3.05, 3.63) is 114 Å². The topological polar surface area (TPSA) is 80.5 Å². The first-order valence-electron chi connectivity index (χ1n) is 11.7. The maximum Gasteiger partial charge on any atom is 0.279 e. The molecule has 3 aromatic carbocycles. The minimum absolute atomic E-state index is 0.150. The van der Waals surface area contributed by atoms with Gasteiger partial charge in [0.25, 0.3) is 11.8 Å². The van der Waals surface area contributed by atoms with E-state index in [0.29, 0.717) is 24.3 Å². The predicted molar refractivity (Wildman–Crippen MR) is 137 cm³/mol. The minimum atomic E-state index is -0.203. The number of para-hydroxylation sites is 2. The Labute approximate surface area is 205 Å². The summed E-state index contributed by atoms with van der Waals surface area (Å²) in [7, 11) is 1.96. The van der Waals surface area contributed by atoms with Gasteiger partial charge in [-0.15, -0.1) is 0 Å². The SMILES string of the molecule is C[NH+](CC(=O)Nc1ccccc1C(=O)NCCc1ccccc1)Cc1cnn(-c2ccccc2)c1. The number of hydrogen-bond donors (Lipinski definition) is 3. The van der Waals surface area contributed by atoms with Gasteiger partial charge in [0.15, 0.2) is 6.54 Å². The highest BCUT2D eigenvalue weighted by Crippen LogP contribution is 2.15. The third kappa shape index (κ3) is 6.88. The number of anilines is 1. The molecule has 0 spiro atoms. The lowest BCUT2D eigenvalue weighted by Crippen LogP contribution is -3.08. The van der Waals surface area contributed by atoms with Gasteiger partial charge in [0.05, 0.1) is 30.2 Å². The van der Waals surface area contributed by atoms with E-state index < -0.39 is 0 Å². The average molecular weight is 469 g/mol. The normalized spacial score (nSPS) is 11.6. The first kappa shape index (κ1) is 23.9. The van der Waals surface area contributed by atoms with Gasteiger partial charge in [-0.1, -0.05) is 60.7 Å². The quantitative estimate of drug-likeness (QED) is 0.335. The molecule has 1 heterocycles. The molecule has 3 N–H and O–H groups in total. The summed E-state index contributed by atoms with van der Waals surface area (Å²) < 4.78 is 1.83. The smallest absolute Gasteiger partial charge is 0.279 e. The van der Waals surface area contributed by atoms with Crippen LogP contribution in [-0.4, -0.2) is 41.7 Å². The Hall–Kier alpha value is -4.23. The van der Waals surface area contributed by atoms with Gasteiger partial charge >= 0.3 is 0 Å². The lowest BCUT2D eigenvalue weighted by atomic mass is 10.1. The number of rotatable bonds is 10. The zero-order valence-corrected chi connectivity index (χ0v) is 19.8. The molecule has 1 aromatic heterocycles. The van der Waals surface area contributed by atoms with Crippen LogP contribution in [0.4, 0.5) is 5.69 Å². The van der Waals surface area contributed by atoms with E-state index in [4.69, 9.17) is 0 Å². The van der Waals surface area contributed by atoms with Crippen LogP contribution >= 0.6 is 0 Å². The van der Waals surface area contributed by atoms with Crippen molar-refractivity contribution < 1.29 is 14.5 Å². The molecule has 1 atom stereocenters. The Morgan fingerprint density at radius 2 is 1.57 bits per heavy atom. The van der Waals surface area contributed by atoms with Crippen molar-refractivity contribution in [2.45, 2.75) is 13.0 Å². The van der Waals surface area contributed by atoms with Gasteiger partial charge in [-0.3, -0.25) is 9.59 Å². The number of likely N-dealkylation sites (N-methyl/N-ethyl adjacent to an activating group) is 1. The first-order chi connectivity index (χ1) is 17.1. The second-order valence-electron chi connectivity index (χ2n) is 8.52. The second kappa shape index (κ2) is 11.8. The minimum Gasteiger partial charge on any atom is -0.352 e. The number of hydrogen-bond acceptors (Lipinski definition) is 3. The number of nitrogens with one attached hydrogen (secondary N) is 3. The Balaban J connectivity index is 1.29. The maximum atomic E-state index is 12.7. The molecular weight excluding hydrogens is 438 g/mol. The highest BCUT2D eigenvalue weighted by atomic mass is 16.2. The highest BCUT2D eigenvalue weighted by Gasteiger charge is 2.16. The Bertz CT molecular complexity index is 1250. The number of carbonyl (C=O) groups is 2. The van der Waals surface area contributed by atoms with Crippen LogP contribution in [0, 0.1) is 0 Å². The van der Waals surface area contributed by atoms with Gasteiger partial charge in [0, 0.05) is 18.3 Å². The van der Waals surface area contributed by atoms with Gasteiger partial charge < -0.3 is 15.5 Å². The fourth-order valence-electron chi connectivity index (χ4n) is 3.90. The summed E-state index contributed by atoms with van der Waals surface area (Å²) in [5.74, 6) is -0.353. The van der Waals surface area contributed by atoms with Gasteiger partial charge in [0.2, 0.25) is 0 Å². The molecule has 4 rings (SSSR count). The van der Waals surface area contributed by atoms with Crippen LogP contribution < -0.4 is 15.5 Å². The lowest BCUT2D eigenvalue weighted by Gasteiger charge is -2.15. The first-order valence-corrected chi connectivity index (χ1v) is 11.7. The van der Waals surface area contributed by atoms with Gasteiger partial charge in [-0.25, -0.2) is 4.68 Å². The second-order valence-corrected chi connectivity index (χ2v) is 8.52. The van der Waals surface area contributed by atoms with Crippen LogP contribution in [0.15, 0.2) is 97.3 Å². The molecule has 2 amide bonds. The number of aromatic nitrogens is 2. The van der Waals surface area contributed by atoms with Gasteiger partial charge in [-0.2, -0.15) is 5.10 Å². The van der Waals surface area contributed by atoms with Crippen LogP contribution in [0.1, 0.15) is 21.5 Å². The van der Waals surface area contributed by atoms with E-state index >= 15 is 0 Å². The van der Waals surface area contributed by atoms with E-state index in [1.807, 2.05) is 90.9 Å². The average Bonchev–Trinajstić information content (AvgIpc) is 3.33. The number of benzene rings is 3. The summed E-state index contributed by atoms with van der Waals surface area (Å²) in [6.45, 7) is 1.44. The molecule has 0 aliphatic rings. The molecule has 0 aliphatic carbocycles. The molecule has 7 nitrogen and oxygen atoms in total. The van der Waals surface area contributed by atoms with E-state index in [1.54, 1.807) is 18.2 Å². The van der Waals surface area contributed by atoms with Gasteiger partial charge in [-0.05, 0) is 36.2 Å². The fraction of sp³-hybridized carbons (Fsp3) is 0.179. The largest absolute Gasteiger partial charge is 0.352 e. The molecule has 0 saturated heterocycles. The van der Waals surface area contributed by atoms with Crippen LogP contribution in [0.3, 0.4) is 0 Å². The van der Waals surface area contributed by atoms with Crippen LogP contribution in [0.2, 0.25) is 0 Å². The molecule has 35 heavy (non-hydrogen) atoms. The number of carbonyl (C=O) groups excluding carboxylic acids is 2. The Morgan fingerprint density at radius 1 is 0.886 bits per heavy atom. The van der Waals surface area contributed by atoms with Crippen molar-refractivity contribution in [1.82, 2.24) is 15.1 Å². The molecule has 7 heteroatoms. The number of amides is 2. The summed E-state index contributed by atoms with van der Waals surface area (Å²) in [4.78, 5) is 26.5. The fourth-order valence-corrected chi connectivity index (χ4v) is 3.90. The molecule has 4 aromatic rings. The zero-order chi connectivity index (χ0) is 24.5. The van der Waals surface area contributed by atoms with Gasteiger partial charge in [0.1, 0.15) is 6.54 Å². The molecular formula is C28H30N5O2+. The molecule has 0 radical (unpaired) electrons. The number of quaternary nitrogens is 1. The van der Waals surface area contributed by atoms with Crippen molar-refractivity contribution in [3.8, 4) is 5.69 Å². The summed E-state index contributed by atoms with van der Waals surface area (Å²) in [5, 5.41) is 10.3. The van der Waals surface area contributed by atoms with Crippen molar-refractivity contribution >= 4 is 17.5 Å². The van der Waals surface area contributed by atoms with E-state index in [-0.39, 0.29) is 18.4 Å². The monoisotopic (exact) mass is 468 g/mol. The lowest BCUT2D eigenvalue weighted by molar-refractivity contribution is -0.885. The Kier molecular flexibility index (Phi) is 8.04. The Morgan fingerprint density at radius 3 is 2.34 bits per heavy atom. The number of nitrogens with zero attached hydrogens (tertiary/aromatic N) is 2. The van der Waals surface area contributed by atoms with Crippen molar-refractivity contribution in [2.24, 2.45) is 0 Å². The molecule has 0 saturated carbocycles. The van der Waals surface area contributed by atoms with E-state index in [1.165, 1.54) is 0 Å². The predicted octanol–water partition coefficient (Wildman–Crippen LogP) is 2.50. The van der Waals surface area contributed by atoms with Crippen LogP contribution in [0.5, 0.6) is 0 Å². The molecule has 1 unspecified atom stereocenters. The van der Waals surface area contributed by atoms with Crippen molar-refractivity contribution in [1.29, 1.82) is 0 Å². The molecule has 0 fully saturated rings. The van der Waals surface area contributed by atoms with E-state index in [2.05, 4.69) is 15.7 Å². The summed E-state index contributed by atoms with van der Waals surface area (Å²) in [6.07, 6.45) is 4.55. The van der Waals surface area contributed by atoms with Crippen molar-refractivity contribution in [2.75, 3.05) is 25.5 Å².